The molecule has 0 aliphatic heterocycles. The van der Waals surface area contributed by atoms with Crippen LogP contribution in [0.2, 0.25) is 10.0 Å². The van der Waals surface area contributed by atoms with Gasteiger partial charge in [0.05, 0.1) is 10.6 Å². The van der Waals surface area contributed by atoms with E-state index < -0.39 is 40.2 Å². The number of nitrogens with zero attached hydrogens (tertiary/aromatic N) is 2. The third-order valence-corrected chi connectivity index (χ3v) is 9.15. The lowest BCUT2D eigenvalue weighted by Crippen LogP contribution is -2.54. The van der Waals surface area contributed by atoms with Crippen LogP contribution < -0.4 is 9.62 Å². The van der Waals surface area contributed by atoms with E-state index in [1.165, 1.54) is 53.4 Å². The number of amides is 2. The molecular weight excluding hydrogens is 624 g/mol. The van der Waals surface area contributed by atoms with Gasteiger partial charge in [0.15, 0.2) is 0 Å². The average molecular weight is 657 g/mol. The minimum Gasteiger partial charge on any atom is -0.352 e. The Bertz CT molecular complexity index is 1710. The summed E-state index contributed by atoms with van der Waals surface area (Å²) < 4.78 is 43.7. The molecule has 0 unspecified atom stereocenters. The minimum atomic E-state index is -4.41. The summed E-state index contributed by atoms with van der Waals surface area (Å²) in [5.74, 6) is -2.00. The predicted molar refractivity (Wildman–Crippen MR) is 172 cm³/mol. The number of nitrogens with one attached hydrogen (secondary N) is 1. The zero-order chi connectivity index (χ0) is 31.9. The van der Waals surface area contributed by atoms with E-state index in [1.54, 1.807) is 32.0 Å². The van der Waals surface area contributed by atoms with Gasteiger partial charge >= 0.3 is 0 Å². The maximum Gasteiger partial charge on any atom is 0.264 e. The second kappa shape index (κ2) is 14.7. The predicted octanol–water partition coefficient (Wildman–Crippen LogP) is 6.49. The molecule has 44 heavy (non-hydrogen) atoms. The van der Waals surface area contributed by atoms with Crippen molar-refractivity contribution in [3.8, 4) is 0 Å². The molecule has 0 heterocycles. The van der Waals surface area contributed by atoms with Crippen molar-refractivity contribution in [2.24, 2.45) is 0 Å². The van der Waals surface area contributed by atoms with Crippen LogP contribution in [0.15, 0.2) is 108 Å². The number of hydrogen-bond donors (Lipinski definition) is 1. The lowest BCUT2D eigenvalue weighted by atomic mass is 10.0. The Hall–Kier alpha value is -3.92. The van der Waals surface area contributed by atoms with Crippen LogP contribution in [0, 0.1) is 5.82 Å². The van der Waals surface area contributed by atoms with E-state index in [1.807, 2.05) is 30.3 Å². The fraction of sp³-hybridized carbons (Fsp3) is 0.212. The lowest BCUT2D eigenvalue weighted by Gasteiger charge is -2.34. The van der Waals surface area contributed by atoms with Crippen molar-refractivity contribution in [1.29, 1.82) is 0 Å². The normalized spacial score (nSPS) is 12.0. The molecule has 230 valence electrons. The zero-order valence-corrected chi connectivity index (χ0v) is 26.5. The van der Waals surface area contributed by atoms with Gasteiger partial charge in [-0.1, -0.05) is 89.9 Å². The first-order valence-electron chi connectivity index (χ1n) is 13.9. The first kappa shape index (κ1) is 33.0. The quantitative estimate of drug-likeness (QED) is 0.189. The summed E-state index contributed by atoms with van der Waals surface area (Å²) in [5, 5.41) is 3.53. The van der Waals surface area contributed by atoms with E-state index in [-0.39, 0.29) is 34.6 Å². The average Bonchev–Trinajstić information content (AvgIpc) is 2.99. The number of carbonyl (C=O) groups excluding carboxylic acids is 2. The van der Waals surface area contributed by atoms with Crippen LogP contribution >= 0.6 is 23.2 Å². The summed E-state index contributed by atoms with van der Waals surface area (Å²) in [5.41, 5.74) is 0.961. The molecule has 4 aromatic carbocycles. The van der Waals surface area contributed by atoms with E-state index in [4.69, 9.17) is 23.2 Å². The van der Waals surface area contributed by atoms with Crippen LogP contribution in [0.4, 0.5) is 10.1 Å². The molecule has 0 aliphatic carbocycles. The van der Waals surface area contributed by atoms with E-state index in [2.05, 4.69) is 5.32 Å². The van der Waals surface area contributed by atoms with Crippen LogP contribution in [0.1, 0.15) is 25.0 Å². The number of halogens is 3. The summed E-state index contributed by atoms with van der Waals surface area (Å²) in [7, 11) is -4.41. The van der Waals surface area contributed by atoms with E-state index in [0.29, 0.717) is 10.6 Å². The number of carbonyl (C=O) groups is 2. The molecule has 1 atom stereocenters. The SMILES string of the molecule is CC(C)NC(=O)[C@H](Cc1ccccc1)N(Cc1ccc(Cl)cc1Cl)C(=O)CN(c1ccccc1F)S(=O)(=O)c1ccccc1. The van der Waals surface area contributed by atoms with Gasteiger partial charge in [-0.2, -0.15) is 0 Å². The lowest BCUT2D eigenvalue weighted by molar-refractivity contribution is -0.140. The molecule has 4 aromatic rings. The standard InChI is InChI=1S/C33H32Cl2FN3O4S/c1-23(2)37-33(41)31(19-24-11-5-3-6-12-24)38(21-25-17-18-26(34)20-28(25)35)32(40)22-39(30-16-10-9-15-29(30)36)44(42,43)27-13-7-4-8-14-27/h3-18,20,23,31H,19,21-22H2,1-2H3,(H,37,41)/t31-/m0/s1. The van der Waals surface area contributed by atoms with E-state index in [0.717, 1.165) is 15.9 Å². The van der Waals surface area contributed by atoms with Crippen LogP contribution in [-0.2, 0) is 32.6 Å². The number of sulfonamides is 1. The second-order valence-electron chi connectivity index (χ2n) is 10.4. The molecule has 1 N–H and O–H groups in total. The molecule has 0 fully saturated rings. The van der Waals surface area contributed by atoms with Crippen molar-refractivity contribution in [3.05, 3.63) is 130 Å². The largest absolute Gasteiger partial charge is 0.352 e. The van der Waals surface area contributed by atoms with Crippen molar-refractivity contribution in [1.82, 2.24) is 10.2 Å². The van der Waals surface area contributed by atoms with Gasteiger partial charge in [0.2, 0.25) is 11.8 Å². The zero-order valence-electron chi connectivity index (χ0n) is 24.2. The van der Waals surface area contributed by atoms with Crippen LogP contribution in [0.3, 0.4) is 0 Å². The van der Waals surface area contributed by atoms with Gasteiger partial charge in [0.25, 0.3) is 10.0 Å². The number of benzene rings is 4. The molecule has 4 rings (SSSR count). The van der Waals surface area contributed by atoms with Gasteiger partial charge in [0.1, 0.15) is 18.4 Å². The van der Waals surface area contributed by atoms with Crippen molar-refractivity contribution in [2.45, 2.75) is 43.8 Å². The first-order chi connectivity index (χ1) is 21.0. The Kier molecular flexibility index (Phi) is 11.0. The minimum absolute atomic E-state index is 0.123. The van der Waals surface area contributed by atoms with Crippen molar-refractivity contribution in [3.63, 3.8) is 0 Å². The van der Waals surface area contributed by atoms with Crippen molar-refractivity contribution < 1.29 is 22.4 Å². The van der Waals surface area contributed by atoms with Gasteiger partial charge in [-0.15, -0.1) is 0 Å². The van der Waals surface area contributed by atoms with Gasteiger partial charge in [0, 0.05) is 29.1 Å². The second-order valence-corrected chi connectivity index (χ2v) is 13.1. The Morgan fingerprint density at radius 3 is 2.09 bits per heavy atom. The highest BCUT2D eigenvalue weighted by Gasteiger charge is 2.35. The molecule has 7 nitrogen and oxygen atoms in total. The first-order valence-corrected chi connectivity index (χ1v) is 16.1. The summed E-state index contributed by atoms with van der Waals surface area (Å²) in [6, 6.07) is 25.4. The van der Waals surface area contributed by atoms with Crippen LogP contribution in [-0.4, -0.2) is 43.8 Å². The third-order valence-electron chi connectivity index (χ3n) is 6.79. The Morgan fingerprint density at radius 1 is 0.864 bits per heavy atom. The fourth-order valence-electron chi connectivity index (χ4n) is 4.66. The molecule has 0 bridgehead atoms. The van der Waals surface area contributed by atoms with Gasteiger partial charge in [-0.05, 0) is 61.4 Å². The summed E-state index contributed by atoms with van der Waals surface area (Å²) in [4.78, 5) is 29.2. The molecule has 0 aromatic heterocycles. The van der Waals surface area contributed by atoms with E-state index >= 15 is 4.39 Å². The Balaban J connectivity index is 1.83. The number of para-hydroxylation sites is 1. The highest BCUT2D eigenvalue weighted by atomic mass is 35.5. The van der Waals surface area contributed by atoms with Gasteiger partial charge < -0.3 is 10.2 Å². The van der Waals surface area contributed by atoms with Crippen molar-refractivity contribution in [2.75, 3.05) is 10.8 Å². The summed E-state index contributed by atoms with van der Waals surface area (Å²) in [6.45, 7) is 2.66. The number of anilines is 1. The Morgan fingerprint density at radius 2 is 1.48 bits per heavy atom. The monoisotopic (exact) mass is 655 g/mol. The topological polar surface area (TPSA) is 86.8 Å². The maximum atomic E-state index is 15.2. The Labute approximate surface area is 267 Å². The van der Waals surface area contributed by atoms with Crippen LogP contribution in [0.5, 0.6) is 0 Å². The fourth-order valence-corrected chi connectivity index (χ4v) is 6.57. The molecule has 0 radical (unpaired) electrons. The highest BCUT2D eigenvalue weighted by Crippen LogP contribution is 2.28. The summed E-state index contributed by atoms with van der Waals surface area (Å²) >= 11 is 12.6. The molecule has 2 amide bonds. The third kappa shape index (κ3) is 8.16. The number of hydrogen-bond acceptors (Lipinski definition) is 4. The molecule has 0 saturated heterocycles. The van der Waals surface area contributed by atoms with Crippen LogP contribution in [0.25, 0.3) is 0 Å². The highest BCUT2D eigenvalue weighted by molar-refractivity contribution is 7.92. The molecule has 0 saturated carbocycles. The number of rotatable bonds is 12. The molecule has 0 aliphatic rings. The summed E-state index contributed by atoms with van der Waals surface area (Å²) in [6.07, 6.45) is 0.126. The van der Waals surface area contributed by atoms with E-state index in [9.17, 15) is 18.0 Å². The maximum absolute atomic E-state index is 15.2. The van der Waals surface area contributed by atoms with Gasteiger partial charge in [-0.25, -0.2) is 12.8 Å². The molecule has 11 heteroatoms. The van der Waals surface area contributed by atoms with Gasteiger partial charge in [-0.3, -0.25) is 13.9 Å². The molecular formula is C33H32Cl2FN3O4S. The van der Waals surface area contributed by atoms with Crippen molar-refractivity contribution >= 4 is 50.7 Å². The molecule has 0 spiro atoms. The smallest absolute Gasteiger partial charge is 0.264 e.